The summed E-state index contributed by atoms with van der Waals surface area (Å²) < 4.78 is 27.5. The predicted octanol–water partition coefficient (Wildman–Crippen LogP) is 1.82. The molecule has 3 aliphatic rings. The molecule has 8 heteroatoms. The zero-order chi connectivity index (χ0) is 18.1. The molecule has 6 nitrogen and oxygen atoms in total. The molecule has 2 unspecified atom stereocenters. The molecule has 3 aliphatic heterocycles. The van der Waals surface area contributed by atoms with Crippen LogP contribution in [0, 0.1) is 0 Å². The largest absolute Gasteiger partial charge is 0.335 e. The van der Waals surface area contributed by atoms with E-state index in [-0.39, 0.29) is 5.91 Å². The molecule has 2 bridgehead atoms. The smallest absolute Gasteiger partial charge is 0.252 e. The molecule has 0 radical (unpaired) electrons. The second-order valence-electron chi connectivity index (χ2n) is 7.54. The van der Waals surface area contributed by atoms with Gasteiger partial charge in [0.05, 0.1) is 6.42 Å². The molecule has 1 N–H and O–H groups in total. The monoisotopic (exact) mass is 397 g/mol. The van der Waals surface area contributed by atoms with Gasteiger partial charge in [-0.25, -0.2) is 8.42 Å². The first kappa shape index (κ1) is 18.4. The van der Waals surface area contributed by atoms with Crippen LogP contribution in [0.25, 0.3) is 0 Å². The Kier molecular flexibility index (Phi) is 5.36. The average molecular weight is 398 g/mol. The van der Waals surface area contributed by atoms with E-state index in [2.05, 4.69) is 10.2 Å². The van der Waals surface area contributed by atoms with Crippen molar-refractivity contribution in [2.45, 2.75) is 61.2 Å². The Bertz CT molecular complexity index is 741. The Balaban J connectivity index is 1.45. The number of rotatable bonds is 4. The minimum absolute atomic E-state index is 0.143. The standard InChI is InChI=1S/C18H27N3O3S2/c22-17(21-14-4-5-15(21)13-19-9-8-14)12-16-6-7-18(25-16)26(23,24)20-10-2-1-3-11-20/h6-7,14-15,19H,1-5,8-13H2. The van der Waals surface area contributed by atoms with Crippen LogP contribution in [-0.4, -0.2) is 61.8 Å². The first-order chi connectivity index (χ1) is 12.6. The molecule has 3 saturated heterocycles. The molecule has 3 fully saturated rings. The number of amides is 1. The normalized spacial score (nSPS) is 27.5. The van der Waals surface area contributed by atoms with Crippen molar-refractivity contribution in [1.29, 1.82) is 0 Å². The van der Waals surface area contributed by atoms with Crippen LogP contribution in [0.2, 0.25) is 0 Å². The lowest BCUT2D eigenvalue weighted by atomic mass is 10.1. The van der Waals surface area contributed by atoms with Crippen molar-refractivity contribution in [2.75, 3.05) is 26.2 Å². The molecular weight excluding hydrogens is 370 g/mol. The van der Waals surface area contributed by atoms with E-state index in [1.54, 1.807) is 10.4 Å². The number of fused-ring (bicyclic) bond motifs is 2. The molecule has 2 atom stereocenters. The summed E-state index contributed by atoms with van der Waals surface area (Å²) in [5, 5.41) is 3.41. The van der Waals surface area contributed by atoms with Gasteiger partial charge in [0, 0.05) is 36.6 Å². The van der Waals surface area contributed by atoms with E-state index in [1.165, 1.54) is 11.3 Å². The molecular formula is C18H27N3O3S2. The molecule has 1 aromatic rings. The third-order valence-electron chi connectivity index (χ3n) is 5.81. The maximum absolute atomic E-state index is 12.9. The fraction of sp³-hybridized carbons (Fsp3) is 0.722. The Labute approximate surface area is 159 Å². The van der Waals surface area contributed by atoms with E-state index in [9.17, 15) is 13.2 Å². The lowest BCUT2D eigenvalue weighted by molar-refractivity contribution is -0.132. The number of hydrogen-bond acceptors (Lipinski definition) is 5. The summed E-state index contributed by atoms with van der Waals surface area (Å²) in [6, 6.07) is 4.14. The van der Waals surface area contributed by atoms with Gasteiger partial charge in [-0.2, -0.15) is 4.31 Å². The Morgan fingerprint density at radius 1 is 1.12 bits per heavy atom. The molecule has 0 aromatic carbocycles. The van der Waals surface area contributed by atoms with Gasteiger partial charge in [0.15, 0.2) is 0 Å². The second kappa shape index (κ2) is 7.58. The summed E-state index contributed by atoms with van der Waals surface area (Å²) in [6.45, 7) is 3.07. The molecule has 26 heavy (non-hydrogen) atoms. The summed E-state index contributed by atoms with van der Waals surface area (Å²) in [5.41, 5.74) is 0. The summed E-state index contributed by atoms with van der Waals surface area (Å²) in [6.07, 6.45) is 6.46. The minimum atomic E-state index is -3.40. The maximum Gasteiger partial charge on any atom is 0.252 e. The van der Waals surface area contributed by atoms with Crippen molar-refractivity contribution in [3.63, 3.8) is 0 Å². The number of hydrogen-bond donors (Lipinski definition) is 1. The third kappa shape index (κ3) is 3.56. The summed E-state index contributed by atoms with van der Waals surface area (Å²) in [4.78, 5) is 15.8. The highest BCUT2D eigenvalue weighted by Crippen LogP contribution is 2.31. The van der Waals surface area contributed by atoms with Crippen LogP contribution >= 0.6 is 11.3 Å². The van der Waals surface area contributed by atoms with Gasteiger partial charge in [0.2, 0.25) is 5.91 Å². The van der Waals surface area contributed by atoms with Crippen LogP contribution < -0.4 is 5.32 Å². The van der Waals surface area contributed by atoms with Crippen LogP contribution in [0.3, 0.4) is 0 Å². The average Bonchev–Trinajstić information content (AvgIpc) is 3.19. The van der Waals surface area contributed by atoms with E-state index in [0.29, 0.717) is 35.8 Å². The Morgan fingerprint density at radius 2 is 1.88 bits per heavy atom. The SMILES string of the molecule is O=C(Cc1ccc(S(=O)(=O)N2CCCCC2)s1)N1C2CCNCC1CC2. The van der Waals surface area contributed by atoms with Crippen LogP contribution in [0.5, 0.6) is 0 Å². The first-order valence-electron chi connectivity index (χ1n) is 9.66. The fourth-order valence-electron chi connectivity index (χ4n) is 4.45. The molecule has 0 spiro atoms. The van der Waals surface area contributed by atoms with Gasteiger partial charge in [-0.05, 0) is 50.8 Å². The molecule has 0 aliphatic carbocycles. The van der Waals surface area contributed by atoms with Crippen LogP contribution in [0.15, 0.2) is 16.3 Å². The number of piperidine rings is 1. The van der Waals surface area contributed by atoms with Gasteiger partial charge in [-0.15, -0.1) is 11.3 Å². The lowest BCUT2D eigenvalue weighted by Crippen LogP contribution is -2.43. The minimum Gasteiger partial charge on any atom is -0.335 e. The molecule has 4 heterocycles. The van der Waals surface area contributed by atoms with Gasteiger partial charge in [0.1, 0.15) is 4.21 Å². The van der Waals surface area contributed by atoms with Crippen LogP contribution in [-0.2, 0) is 21.2 Å². The van der Waals surface area contributed by atoms with Crippen molar-refractivity contribution >= 4 is 27.3 Å². The maximum atomic E-state index is 12.9. The van der Waals surface area contributed by atoms with E-state index in [1.807, 2.05) is 6.07 Å². The zero-order valence-electron chi connectivity index (χ0n) is 15.0. The van der Waals surface area contributed by atoms with Gasteiger partial charge in [-0.1, -0.05) is 6.42 Å². The van der Waals surface area contributed by atoms with E-state index in [0.717, 1.165) is 56.5 Å². The highest BCUT2D eigenvalue weighted by atomic mass is 32.2. The number of carbonyl (C=O) groups is 1. The van der Waals surface area contributed by atoms with Crippen LogP contribution in [0.4, 0.5) is 0 Å². The van der Waals surface area contributed by atoms with Gasteiger partial charge in [0.25, 0.3) is 10.0 Å². The van der Waals surface area contributed by atoms with Crippen molar-refractivity contribution < 1.29 is 13.2 Å². The number of nitrogens with one attached hydrogen (secondary N) is 1. The number of sulfonamides is 1. The molecule has 4 rings (SSSR count). The highest BCUT2D eigenvalue weighted by molar-refractivity contribution is 7.91. The summed E-state index contributed by atoms with van der Waals surface area (Å²) in [5.74, 6) is 0.143. The van der Waals surface area contributed by atoms with Gasteiger partial charge >= 0.3 is 0 Å². The first-order valence-corrected chi connectivity index (χ1v) is 11.9. The van der Waals surface area contributed by atoms with Crippen molar-refractivity contribution in [1.82, 2.24) is 14.5 Å². The number of carbonyl (C=O) groups excluding carboxylic acids is 1. The van der Waals surface area contributed by atoms with Crippen molar-refractivity contribution in [3.05, 3.63) is 17.0 Å². The summed E-state index contributed by atoms with van der Waals surface area (Å²) >= 11 is 1.26. The highest BCUT2D eigenvalue weighted by Gasteiger charge is 2.38. The molecule has 0 saturated carbocycles. The Morgan fingerprint density at radius 3 is 2.69 bits per heavy atom. The van der Waals surface area contributed by atoms with Crippen molar-refractivity contribution in [2.24, 2.45) is 0 Å². The topological polar surface area (TPSA) is 69.7 Å². The summed E-state index contributed by atoms with van der Waals surface area (Å²) in [7, 11) is -3.40. The van der Waals surface area contributed by atoms with E-state index in [4.69, 9.17) is 0 Å². The van der Waals surface area contributed by atoms with Crippen LogP contribution in [0.1, 0.15) is 43.4 Å². The molecule has 144 valence electrons. The number of thiophene rings is 1. The molecule has 1 amide bonds. The molecule has 1 aromatic heterocycles. The lowest BCUT2D eigenvalue weighted by Gasteiger charge is -2.27. The number of nitrogens with zero attached hydrogens (tertiary/aromatic N) is 2. The zero-order valence-corrected chi connectivity index (χ0v) is 16.7. The van der Waals surface area contributed by atoms with Gasteiger partial charge < -0.3 is 10.2 Å². The van der Waals surface area contributed by atoms with Gasteiger partial charge in [-0.3, -0.25) is 4.79 Å². The quantitative estimate of drug-likeness (QED) is 0.841. The van der Waals surface area contributed by atoms with Crippen molar-refractivity contribution in [3.8, 4) is 0 Å². The Hall–Kier alpha value is -0.960. The third-order valence-corrected chi connectivity index (χ3v) is 9.27. The second-order valence-corrected chi connectivity index (χ2v) is 10.9. The van der Waals surface area contributed by atoms with E-state index < -0.39 is 10.0 Å². The predicted molar refractivity (Wildman–Crippen MR) is 102 cm³/mol. The van der Waals surface area contributed by atoms with E-state index >= 15 is 0 Å². The fourth-order valence-corrected chi connectivity index (χ4v) is 7.47.